The van der Waals surface area contributed by atoms with Crippen LogP contribution in [0.15, 0.2) is 22.7 Å². The van der Waals surface area contributed by atoms with E-state index >= 15 is 0 Å². The summed E-state index contributed by atoms with van der Waals surface area (Å²) in [6.07, 6.45) is 0. The molecule has 1 N–H and O–H groups in total. The third kappa shape index (κ3) is 3.47. The number of halogens is 1. The molecule has 0 aliphatic rings. The molecule has 0 fully saturated rings. The third-order valence-corrected chi connectivity index (χ3v) is 3.12. The van der Waals surface area contributed by atoms with Gasteiger partial charge >= 0.3 is 0 Å². The van der Waals surface area contributed by atoms with Gasteiger partial charge in [0.2, 0.25) is 0 Å². The van der Waals surface area contributed by atoms with Crippen LogP contribution in [0.2, 0.25) is 0 Å². The van der Waals surface area contributed by atoms with Crippen molar-refractivity contribution in [2.24, 2.45) is 0 Å². The standard InChI is InChI=1S/C12H18BrNO2/c1-3-14(6-7-16-2)12-5-4-10(9-15)8-11(12)13/h4-5,8,15H,3,6-7,9H2,1-2H3. The van der Waals surface area contributed by atoms with E-state index in [-0.39, 0.29) is 6.61 Å². The highest BCUT2D eigenvalue weighted by atomic mass is 79.9. The average Bonchev–Trinajstić information content (AvgIpc) is 2.31. The monoisotopic (exact) mass is 287 g/mol. The molecule has 0 aromatic heterocycles. The summed E-state index contributed by atoms with van der Waals surface area (Å²) in [5.74, 6) is 0. The van der Waals surface area contributed by atoms with E-state index in [9.17, 15) is 0 Å². The second kappa shape index (κ2) is 6.89. The highest BCUT2D eigenvalue weighted by Gasteiger charge is 2.08. The lowest BCUT2D eigenvalue weighted by atomic mass is 10.2. The number of aliphatic hydroxyl groups is 1. The first kappa shape index (κ1) is 13.5. The molecule has 0 heterocycles. The van der Waals surface area contributed by atoms with Crippen molar-refractivity contribution in [2.75, 3.05) is 31.7 Å². The normalized spacial score (nSPS) is 10.5. The zero-order valence-corrected chi connectivity index (χ0v) is 11.3. The molecule has 0 atom stereocenters. The van der Waals surface area contributed by atoms with Crippen molar-refractivity contribution in [2.45, 2.75) is 13.5 Å². The molecule has 0 saturated heterocycles. The van der Waals surface area contributed by atoms with Crippen molar-refractivity contribution < 1.29 is 9.84 Å². The molecule has 1 aromatic carbocycles. The number of hydrogen-bond acceptors (Lipinski definition) is 3. The lowest BCUT2D eigenvalue weighted by molar-refractivity contribution is 0.205. The van der Waals surface area contributed by atoms with Crippen LogP contribution in [0.1, 0.15) is 12.5 Å². The molecule has 16 heavy (non-hydrogen) atoms. The molecule has 0 spiro atoms. The smallest absolute Gasteiger partial charge is 0.0682 e. The predicted octanol–water partition coefficient (Wildman–Crippen LogP) is 2.41. The molecule has 1 aromatic rings. The Labute approximate surface area is 105 Å². The van der Waals surface area contributed by atoms with Crippen LogP contribution in [-0.2, 0) is 11.3 Å². The third-order valence-electron chi connectivity index (χ3n) is 2.48. The van der Waals surface area contributed by atoms with E-state index in [1.54, 1.807) is 7.11 Å². The second-order valence-corrected chi connectivity index (χ2v) is 4.37. The molecule has 0 saturated carbocycles. The zero-order valence-electron chi connectivity index (χ0n) is 9.74. The van der Waals surface area contributed by atoms with Crippen molar-refractivity contribution >= 4 is 21.6 Å². The molecule has 90 valence electrons. The van der Waals surface area contributed by atoms with Gasteiger partial charge in [0, 0.05) is 24.7 Å². The summed E-state index contributed by atoms with van der Waals surface area (Å²) in [6.45, 7) is 4.69. The maximum atomic E-state index is 9.04. The van der Waals surface area contributed by atoms with Crippen molar-refractivity contribution in [3.63, 3.8) is 0 Å². The van der Waals surface area contributed by atoms with E-state index < -0.39 is 0 Å². The Balaban J connectivity index is 2.83. The molecule has 0 radical (unpaired) electrons. The van der Waals surface area contributed by atoms with Gasteiger partial charge in [-0.1, -0.05) is 6.07 Å². The number of methoxy groups -OCH3 is 1. The van der Waals surface area contributed by atoms with Crippen LogP contribution in [0.25, 0.3) is 0 Å². The minimum absolute atomic E-state index is 0.0725. The van der Waals surface area contributed by atoms with E-state index in [0.29, 0.717) is 6.61 Å². The number of likely N-dealkylation sites (N-methyl/N-ethyl adjacent to an activating group) is 1. The molecule has 0 aliphatic carbocycles. The fourth-order valence-electron chi connectivity index (χ4n) is 1.56. The molecule has 0 amide bonds. The Hall–Kier alpha value is -0.580. The van der Waals surface area contributed by atoms with E-state index in [4.69, 9.17) is 9.84 Å². The molecule has 0 bridgehead atoms. The summed E-state index contributed by atoms with van der Waals surface area (Å²) in [6, 6.07) is 5.91. The van der Waals surface area contributed by atoms with Gasteiger partial charge in [-0.25, -0.2) is 0 Å². The number of benzene rings is 1. The molecule has 0 unspecified atom stereocenters. The second-order valence-electron chi connectivity index (χ2n) is 3.52. The van der Waals surface area contributed by atoms with Crippen LogP contribution in [0.5, 0.6) is 0 Å². The minimum atomic E-state index is 0.0725. The lowest BCUT2D eigenvalue weighted by Gasteiger charge is -2.24. The van der Waals surface area contributed by atoms with Gasteiger partial charge in [-0.15, -0.1) is 0 Å². The summed E-state index contributed by atoms with van der Waals surface area (Å²) >= 11 is 3.53. The van der Waals surface area contributed by atoms with Crippen molar-refractivity contribution in [3.05, 3.63) is 28.2 Å². The lowest BCUT2D eigenvalue weighted by Crippen LogP contribution is -2.27. The van der Waals surface area contributed by atoms with Crippen LogP contribution in [0, 0.1) is 0 Å². The van der Waals surface area contributed by atoms with Gasteiger partial charge in [0.15, 0.2) is 0 Å². The first-order valence-corrected chi connectivity index (χ1v) is 6.15. The van der Waals surface area contributed by atoms with Gasteiger partial charge in [-0.3, -0.25) is 0 Å². The number of nitrogens with zero attached hydrogens (tertiary/aromatic N) is 1. The predicted molar refractivity (Wildman–Crippen MR) is 69.8 cm³/mol. The molecule has 1 rings (SSSR count). The summed E-state index contributed by atoms with van der Waals surface area (Å²) in [4.78, 5) is 2.23. The number of aliphatic hydroxyl groups excluding tert-OH is 1. The van der Waals surface area contributed by atoms with Crippen molar-refractivity contribution in [1.82, 2.24) is 0 Å². The van der Waals surface area contributed by atoms with Gasteiger partial charge in [0.1, 0.15) is 0 Å². The van der Waals surface area contributed by atoms with E-state index in [1.165, 1.54) is 0 Å². The fourth-order valence-corrected chi connectivity index (χ4v) is 2.23. The van der Waals surface area contributed by atoms with E-state index in [1.807, 2.05) is 18.2 Å². The Bertz CT molecular complexity index is 331. The Morgan fingerprint density at radius 2 is 2.19 bits per heavy atom. The summed E-state index contributed by atoms with van der Waals surface area (Å²) in [5.41, 5.74) is 2.05. The van der Waals surface area contributed by atoms with Gasteiger partial charge in [0.25, 0.3) is 0 Å². The topological polar surface area (TPSA) is 32.7 Å². The van der Waals surface area contributed by atoms with Crippen LogP contribution in [-0.4, -0.2) is 31.9 Å². The molecule has 3 nitrogen and oxygen atoms in total. The van der Waals surface area contributed by atoms with Crippen LogP contribution < -0.4 is 4.90 Å². The minimum Gasteiger partial charge on any atom is -0.392 e. The molecule has 0 aliphatic heterocycles. The highest BCUT2D eigenvalue weighted by molar-refractivity contribution is 9.10. The first-order chi connectivity index (χ1) is 7.72. The Kier molecular flexibility index (Phi) is 5.80. The maximum Gasteiger partial charge on any atom is 0.0682 e. The van der Waals surface area contributed by atoms with Crippen LogP contribution >= 0.6 is 15.9 Å². The van der Waals surface area contributed by atoms with Gasteiger partial charge < -0.3 is 14.7 Å². The quantitative estimate of drug-likeness (QED) is 0.872. The maximum absolute atomic E-state index is 9.04. The van der Waals surface area contributed by atoms with Crippen molar-refractivity contribution in [3.8, 4) is 0 Å². The first-order valence-electron chi connectivity index (χ1n) is 5.36. The van der Waals surface area contributed by atoms with Gasteiger partial charge in [-0.05, 0) is 40.5 Å². The fraction of sp³-hybridized carbons (Fsp3) is 0.500. The van der Waals surface area contributed by atoms with Crippen molar-refractivity contribution in [1.29, 1.82) is 0 Å². The summed E-state index contributed by atoms with van der Waals surface area (Å²) in [5, 5.41) is 9.04. The Morgan fingerprint density at radius 1 is 1.44 bits per heavy atom. The van der Waals surface area contributed by atoms with E-state index in [2.05, 4.69) is 27.8 Å². The number of anilines is 1. The number of ether oxygens (including phenoxy) is 1. The van der Waals surface area contributed by atoms with Gasteiger partial charge in [0.05, 0.1) is 18.9 Å². The molecular formula is C12H18BrNO2. The van der Waals surface area contributed by atoms with Crippen LogP contribution in [0.4, 0.5) is 5.69 Å². The largest absolute Gasteiger partial charge is 0.392 e. The Morgan fingerprint density at radius 3 is 2.69 bits per heavy atom. The average molecular weight is 288 g/mol. The zero-order chi connectivity index (χ0) is 12.0. The summed E-state index contributed by atoms with van der Waals surface area (Å²) < 4.78 is 6.09. The molecular weight excluding hydrogens is 270 g/mol. The number of hydrogen-bond donors (Lipinski definition) is 1. The summed E-state index contributed by atoms with van der Waals surface area (Å²) in [7, 11) is 1.71. The SMILES string of the molecule is CCN(CCOC)c1ccc(CO)cc1Br. The highest BCUT2D eigenvalue weighted by Crippen LogP contribution is 2.27. The van der Waals surface area contributed by atoms with Crippen LogP contribution in [0.3, 0.4) is 0 Å². The van der Waals surface area contributed by atoms with Gasteiger partial charge in [-0.2, -0.15) is 0 Å². The molecule has 4 heteroatoms. The van der Waals surface area contributed by atoms with E-state index in [0.717, 1.165) is 28.8 Å². The number of rotatable bonds is 6.